The molecule has 15 heavy (non-hydrogen) atoms. The van der Waals surface area contributed by atoms with Gasteiger partial charge in [0.1, 0.15) is 6.54 Å². The summed E-state index contributed by atoms with van der Waals surface area (Å²) in [7, 11) is 0. The van der Waals surface area contributed by atoms with Gasteiger partial charge in [-0.25, -0.2) is 0 Å². The quantitative estimate of drug-likeness (QED) is 0.651. The van der Waals surface area contributed by atoms with Crippen molar-refractivity contribution in [2.24, 2.45) is 0 Å². The van der Waals surface area contributed by atoms with Crippen molar-refractivity contribution >= 4 is 5.91 Å². The molecule has 3 nitrogen and oxygen atoms in total. The Morgan fingerprint density at radius 3 is 2.67 bits per heavy atom. The Hall–Kier alpha value is -1.04. The number of hydrogen-bond donors (Lipinski definition) is 0. The standard InChI is InChI=1S/C12H20N2O/c1-2-3-8-12(15)14(10-9-13)11-6-4-5-7-11/h11H,2-8,10H2,1H3. The van der Waals surface area contributed by atoms with Crippen LogP contribution in [0.3, 0.4) is 0 Å². The molecule has 0 N–H and O–H groups in total. The normalized spacial score (nSPS) is 16.3. The Morgan fingerprint density at radius 2 is 2.13 bits per heavy atom. The number of carbonyl (C=O) groups is 1. The molecule has 0 aromatic carbocycles. The molecule has 0 bridgehead atoms. The highest BCUT2D eigenvalue weighted by atomic mass is 16.2. The van der Waals surface area contributed by atoms with E-state index in [0.29, 0.717) is 12.5 Å². The van der Waals surface area contributed by atoms with Gasteiger partial charge in [-0.2, -0.15) is 5.26 Å². The van der Waals surface area contributed by atoms with Crippen LogP contribution >= 0.6 is 0 Å². The minimum absolute atomic E-state index is 0.172. The van der Waals surface area contributed by atoms with Gasteiger partial charge < -0.3 is 4.90 Å². The molecule has 0 aromatic heterocycles. The highest BCUT2D eigenvalue weighted by Gasteiger charge is 2.25. The van der Waals surface area contributed by atoms with E-state index in [1.807, 2.05) is 0 Å². The number of unbranched alkanes of at least 4 members (excludes halogenated alkanes) is 1. The van der Waals surface area contributed by atoms with Gasteiger partial charge in [-0.1, -0.05) is 26.2 Å². The van der Waals surface area contributed by atoms with Crippen molar-refractivity contribution in [3.8, 4) is 6.07 Å². The number of amides is 1. The molecule has 1 aliphatic carbocycles. The zero-order valence-corrected chi connectivity index (χ0v) is 9.54. The first-order chi connectivity index (χ1) is 7.29. The van der Waals surface area contributed by atoms with Gasteiger partial charge in [0.2, 0.25) is 5.91 Å². The third-order valence-electron chi connectivity index (χ3n) is 3.07. The Morgan fingerprint density at radius 1 is 1.47 bits per heavy atom. The van der Waals surface area contributed by atoms with Crippen LogP contribution in [0.15, 0.2) is 0 Å². The van der Waals surface area contributed by atoms with Crippen molar-refractivity contribution in [3.63, 3.8) is 0 Å². The summed E-state index contributed by atoms with van der Waals surface area (Å²) in [5.41, 5.74) is 0. The number of carbonyl (C=O) groups excluding carboxylic acids is 1. The largest absolute Gasteiger partial charge is 0.326 e. The molecule has 0 saturated heterocycles. The second-order valence-corrected chi connectivity index (χ2v) is 4.22. The van der Waals surface area contributed by atoms with Gasteiger partial charge >= 0.3 is 0 Å². The lowest BCUT2D eigenvalue weighted by atomic mass is 10.1. The van der Waals surface area contributed by atoms with Gasteiger partial charge in [-0.05, 0) is 19.3 Å². The fraction of sp³-hybridized carbons (Fsp3) is 0.833. The predicted molar refractivity (Wildman–Crippen MR) is 59.1 cm³/mol. The molecule has 0 atom stereocenters. The molecule has 1 saturated carbocycles. The van der Waals surface area contributed by atoms with Gasteiger partial charge in [-0.15, -0.1) is 0 Å². The molecule has 0 unspecified atom stereocenters. The van der Waals surface area contributed by atoms with Gasteiger partial charge in [0.05, 0.1) is 6.07 Å². The summed E-state index contributed by atoms with van der Waals surface area (Å²) in [5.74, 6) is 0.172. The molecular formula is C12H20N2O. The third kappa shape index (κ3) is 3.54. The van der Waals surface area contributed by atoms with Crippen LogP contribution in [-0.2, 0) is 4.79 Å². The summed E-state index contributed by atoms with van der Waals surface area (Å²) in [4.78, 5) is 13.6. The summed E-state index contributed by atoms with van der Waals surface area (Å²) < 4.78 is 0. The number of hydrogen-bond acceptors (Lipinski definition) is 2. The first-order valence-corrected chi connectivity index (χ1v) is 5.96. The first kappa shape index (κ1) is 12.0. The zero-order valence-electron chi connectivity index (χ0n) is 9.54. The molecule has 1 fully saturated rings. The molecule has 0 heterocycles. The van der Waals surface area contributed by atoms with Crippen LogP contribution in [-0.4, -0.2) is 23.4 Å². The molecule has 1 amide bonds. The second kappa shape index (κ2) is 6.44. The number of nitriles is 1. The van der Waals surface area contributed by atoms with Crippen LogP contribution in [0.5, 0.6) is 0 Å². The summed E-state index contributed by atoms with van der Waals surface area (Å²) in [6.07, 6.45) is 7.15. The Balaban J connectivity index is 2.48. The van der Waals surface area contributed by atoms with E-state index in [-0.39, 0.29) is 12.5 Å². The Labute approximate surface area is 92.1 Å². The first-order valence-electron chi connectivity index (χ1n) is 5.96. The Kier molecular flexibility index (Phi) is 5.17. The van der Waals surface area contributed by atoms with Gasteiger partial charge in [-0.3, -0.25) is 4.79 Å². The van der Waals surface area contributed by atoms with Crippen molar-refractivity contribution in [2.45, 2.75) is 57.9 Å². The van der Waals surface area contributed by atoms with Crippen LogP contribution in [0.25, 0.3) is 0 Å². The maximum absolute atomic E-state index is 11.9. The summed E-state index contributed by atoms with van der Waals surface area (Å²) >= 11 is 0. The fourth-order valence-electron chi connectivity index (χ4n) is 2.18. The lowest BCUT2D eigenvalue weighted by molar-refractivity contribution is -0.132. The lowest BCUT2D eigenvalue weighted by Crippen LogP contribution is -2.38. The maximum atomic E-state index is 11.9. The molecule has 0 aliphatic heterocycles. The fourth-order valence-corrected chi connectivity index (χ4v) is 2.18. The van der Waals surface area contributed by atoms with Crippen LogP contribution in [0.1, 0.15) is 51.9 Å². The average molecular weight is 208 g/mol. The molecule has 3 heteroatoms. The molecule has 0 aromatic rings. The van der Waals surface area contributed by atoms with Crippen molar-refractivity contribution in [3.05, 3.63) is 0 Å². The minimum Gasteiger partial charge on any atom is -0.326 e. The van der Waals surface area contributed by atoms with E-state index >= 15 is 0 Å². The Bertz CT molecular complexity index is 238. The van der Waals surface area contributed by atoms with Gasteiger partial charge in [0.25, 0.3) is 0 Å². The highest BCUT2D eigenvalue weighted by molar-refractivity contribution is 5.76. The van der Waals surface area contributed by atoms with Crippen LogP contribution in [0.4, 0.5) is 0 Å². The van der Waals surface area contributed by atoms with Crippen LogP contribution < -0.4 is 0 Å². The highest BCUT2D eigenvalue weighted by Crippen LogP contribution is 2.24. The van der Waals surface area contributed by atoms with E-state index in [2.05, 4.69) is 13.0 Å². The maximum Gasteiger partial charge on any atom is 0.223 e. The zero-order chi connectivity index (χ0) is 11.1. The number of nitrogens with zero attached hydrogens (tertiary/aromatic N) is 2. The SMILES string of the molecule is CCCCC(=O)N(CC#N)C1CCCC1. The smallest absolute Gasteiger partial charge is 0.223 e. The monoisotopic (exact) mass is 208 g/mol. The van der Waals surface area contributed by atoms with E-state index in [1.165, 1.54) is 12.8 Å². The summed E-state index contributed by atoms with van der Waals surface area (Å²) in [5, 5.41) is 8.73. The summed E-state index contributed by atoms with van der Waals surface area (Å²) in [6.45, 7) is 2.35. The second-order valence-electron chi connectivity index (χ2n) is 4.22. The molecule has 84 valence electrons. The van der Waals surface area contributed by atoms with Crippen LogP contribution in [0.2, 0.25) is 0 Å². The number of rotatable bonds is 5. The van der Waals surface area contributed by atoms with E-state index in [1.54, 1.807) is 4.90 Å². The van der Waals surface area contributed by atoms with Crippen molar-refractivity contribution in [1.82, 2.24) is 4.90 Å². The molecular weight excluding hydrogens is 188 g/mol. The van der Waals surface area contributed by atoms with Crippen molar-refractivity contribution < 1.29 is 4.79 Å². The van der Waals surface area contributed by atoms with E-state index < -0.39 is 0 Å². The van der Waals surface area contributed by atoms with E-state index in [4.69, 9.17) is 5.26 Å². The summed E-state index contributed by atoms with van der Waals surface area (Å²) in [6, 6.07) is 2.45. The van der Waals surface area contributed by atoms with Gasteiger partial charge in [0.15, 0.2) is 0 Å². The minimum atomic E-state index is 0.172. The molecule has 1 aliphatic rings. The molecule has 0 spiro atoms. The van der Waals surface area contributed by atoms with Crippen molar-refractivity contribution in [1.29, 1.82) is 5.26 Å². The van der Waals surface area contributed by atoms with Crippen molar-refractivity contribution in [2.75, 3.05) is 6.54 Å². The third-order valence-corrected chi connectivity index (χ3v) is 3.07. The molecule has 0 radical (unpaired) electrons. The van der Waals surface area contributed by atoms with Crippen LogP contribution in [0, 0.1) is 11.3 Å². The van der Waals surface area contributed by atoms with E-state index in [9.17, 15) is 4.79 Å². The topological polar surface area (TPSA) is 44.1 Å². The lowest BCUT2D eigenvalue weighted by Gasteiger charge is -2.26. The predicted octanol–water partition coefficient (Wildman–Crippen LogP) is 2.47. The average Bonchev–Trinajstić information content (AvgIpc) is 2.75. The van der Waals surface area contributed by atoms with Gasteiger partial charge in [0, 0.05) is 12.5 Å². The van der Waals surface area contributed by atoms with E-state index in [0.717, 1.165) is 25.7 Å². The molecule has 1 rings (SSSR count).